The van der Waals surface area contributed by atoms with Gasteiger partial charge >= 0.3 is 0 Å². The highest BCUT2D eigenvalue weighted by atomic mass is 35.5. The molecule has 2 aliphatic heterocycles. The van der Waals surface area contributed by atoms with E-state index in [1.165, 1.54) is 0 Å². The maximum Gasteiger partial charge on any atom is 0.257 e. The lowest BCUT2D eigenvalue weighted by molar-refractivity contribution is -0.140. The summed E-state index contributed by atoms with van der Waals surface area (Å²) in [6.45, 7) is 5.06. The minimum atomic E-state index is -0.325. The van der Waals surface area contributed by atoms with Gasteiger partial charge in [0, 0.05) is 32.7 Å². The van der Waals surface area contributed by atoms with Crippen LogP contribution in [0.3, 0.4) is 0 Å². The molecule has 26 heavy (non-hydrogen) atoms. The summed E-state index contributed by atoms with van der Waals surface area (Å²) >= 11 is 12.2. The van der Waals surface area contributed by atoms with Crippen molar-refractivity contribution in [3.63, 3.8) is 0 Å². The Kier molecular flexibility index (Phi) is 7.55. The van der Waals surface area contributed by atoms with E-state index in [0.717, 1.165) is 0 Å². The first-order valence-corrected chi connectivity index (χ1v) is 9.11. The SMILES string of the molecule is C[C@H]1OCCN[C@@H]1C(=O)N1CCN(C(=O)c2c(Cl)cccc2Cl)CC1.Cl. The molecule has 2 saturated heterocycles. The minimum Gasteiger partial charge on any atom is -0.375 e. The molecule has 6 nitrogen and oxygen atoms in total. The lowest BCUT2D eigenvalue weighted by atomic mass is 10.1. The number of hydrogen-bond acceptors (Lipinski definition) is 4. The van der Waals surface area contributed by atoms with Crippen molar-refractivity contribution in [2.45, 2.75) is 19.1 Å². The van der Waals surface area contributed by atoms with E-state index in [4.69, 9.17) is 27.9 Å². The van der Waals surface area contributed by atoms with Crippen molar-refractivity contribution in [3.8, 4) is 0 Å². The highest BCUT2D eigenvalue weighted by molar-refractivity contribution is 6.39. The fourth-order valence-corrected chi connectivity index (χ4v) is 3.76. The van der Waals surface area contributed by atoms with Crippen LogP contribution >= 0.6 is 35.6 Å². The molecule has 0 aromatic heterocycles. The summed E-state index contributed by atoms with van der Waals surface area (Å²) in [7, 11) is 0. The molecule has 0 unspecified atom stereocenters. The molecule has 0 aliphatic carbocycles. The second kappa shape index (κ2) is 9.24. The quantitative estimate of drug-likeness (QED) is 0.793. The second-order valence-corrected chi connectivity index (χ2v) is 7.04. The number of carbonyl (C=O) groups is 2. The molecule has 144 valence electrons. The van der Waals surface area contributed by atoms with E-state index in [9.17, 15) is 9.59 Å². The third-order valence-corrected chi connectivity index (χ3v) is 5.27. The van der Waals surface area contributed by atoms with Crippen molar-refractivity contribution in [1.82, 2.24) is 15.1 Å². The van der Waals surface area contributed by atoms with Crippen LogP contribution in [0.1, 0.15) is 17.3 Å². The summed E-state index contributed by atoms with van der Waals surface area (Å²) in [4.78, 5) is 28.8. The molecule has 2 fully saturated rings. The Bertz CT molecular complexity index is 646. The van der Waals surface area contributed by atoms with E-state index >= 15 is 0 Å². The Balaban J connectivity index is 0.00000243. The maximum absolute atomic E-state index is 12.7. The molecule has 2 aliphatic rings. The molecule has 2 atom stereocenters. The first-order chi connectivity index (χ1) is 12.0. The van der Waals surface area contributed by atoms with Crippen LogP contribution in [0, 0.1) is 0 Å². The Hall–Kier alpha value is -1.05. The first kappa shape index (κ1) is 21.3. The molecule has 0 radical (unpaired) electrons. The van der Waals surface area contributed by atoms with Gasteiger partial charge in [0.15, 0.2) is 0 Å². The van der Waals surface area contributed by atoms with Crippen LogP contribution in [0.25, 0.3) is 0 Å². The van der Waals surface area contributed by atoms with Crippen molar-refractivity contribution < 1.29 is 14.3 Å². The fourth-order valence-electron chi connectivity index (χ4n) is 3.20. The van der Waals surface area contributed by atoms with Crippen LogP contribution in [0.2, 0.25) is 10.0 Å². The van der Waals surface area contributed by atoms with E-state index in [1.54, 1.807) is 28.0 Å². The Morgan fingerprint density at radius 3 is 2.27 bits per heavy atom. The lowest BCUT2D eigenvalue weighted by Gasteiger charge is -2.39. The Morgan fingerprint density at radius 1 is 1.12 bits per heavy atom. The zero-order valence-electron chi connectivity index (χ0n) is 14.4. The monoisotopic (exact) mass is 421 g/mol. The number of halogens is 3. The second-order valence-electron chi connectivity index (χ2n) is 6.22. The molecule has 9 heteroatoms. The summed E-state index contributed by atoms with van der Waals surface area (Å²) < 4.78 is 5.54. The van der Waals surface area contributed by atoms with Crippen molar-refractivity contribution >= 4 is 47.4 Å². The summed E-state index contributed by atoms with van der Waals surface area (Å²) in [6.07, 6.45) is -0.150. The predicted molar refractivity (Wildman–Crippen MR) is 103 cm³/mol. The fraction of sp³-hybridized carbons (Fsp3) is 0.529. The zero-order valence-corrected chi connectivity index (χ0v) is 16.7. The standard InChI is InChI=1S/C17H21Cl2N3O3.ClH/c1-11-15(20-5-10-25-11)17(24)22-8-6-21(7-9-22)16(23)14-12(18)3-2-4-13(14)19;/h2-4,11,15,20H,5-10H2,1H3;1H/t11-,15+;/m1./s1. The molecule has 0 spiro atoms. The van der Waals surface area contributed by atoms with Gasteiger partial charge in [0.25, 0.3) is 5.91 Å². The number of morpholine rings is 1. The number of piperazine rings is 1. The number of hydrogen-bond donors (Lipinski definition) is 1. The molecule has 2 heterocycles. The predicted octanol–water partition coefficient (Wildman–Crippen LogP) is 2.08. The molecule has 0 saturated carbocycles. The maximum atomic E-state index is 12.7. The molecule has 1 N–H and O–H groups in total. The highest BCUT2D eigenvalue weighted by Crippen LogP contribution is 2.26. The molecule has 1 aromatic carbocycles. The third kappa shape index (κ3) is 4.43. The van der Waals surface area contributed by atoms with Gasteiger partial charge in [-0.3, -0.25) is 9.59 Å². The van der Waals surface area contributed by atoms with Crippen LogP contribution < -0.4 is 5.32 Å². The van der Waals surface area contributed by atoms with Crippen molar-refractivity contribution in [2.75, 3.05) is 39.3 Å². The minimum absolute atomic E-state index is 0. The van der Waals surface area contributed by atoms with E-state index < -0.39 is 0 Å². The zero-order chi connectivity index (χ0) is 18.0. The normalized spacial score (nSPS) is 23.3. The molecular weight excluding hydrogens is 401 g/mol. The average Bonchev–Trinajstić information content (AvgIpc) is 2.61. The van der Waals surface area contributed by atoms with E-state index in [0.29, 0.717) is 54.9 Å². The van der Waals surface area contributed by atoms with Gasteiger partial charge in [-0.2, -0.15) is 0 Å². The largest absolute Gasteiger partial charge is 0.375 e. The van der Waals surface area contributed by atoms with Crippen LogP contribution in [0.5, 0.6) is 0 Å². The third-order valence-electron chi connectivity index (χ3n) is 4.64. The first-order valence-electron chi connectivity index (χ1n) is 8.36. The van der Waals surface area contributed by atoms with E-state index in [2.05, 4.69) is 5.32 Å². The average molecular weight is 423 g/mol. The molecule has 2 amide bonds. The number of nitrogens with one attached hydrogen (secondary N) is 1. The van der Waals surface area contributed by atoms with Crippen molar-refractivity contribution in [2.24, 2.45) is 0 Å². The van der Waals surface area contributed by atoms with Gasteiger partial charge in [0.1, 0.15) is 6.04 Å². The van der Waals surface area contributed by atoms with Gasteiger partial charge in [-0.1, -0.05) is 29.3 Å². The lowest BCUT2D eigenvalue weighted by Crippen LogP contribution is -2.60. The highest BCUT2D eigenvalue weighted by Gasteiger charge is 2.34. The molecule has 3 rings (SSSR count). The summed E-state index contributed by atoms with van der Waals surface area (Å²) in [5, 5.41) is 3.89. The van der Waals surface area contributed by atoms with Crippen LogP contribution in [0.4, 0.5) is 0 Å². The number of rotatable bonds is 2. The van der Waals surface area contributed by atoms with Crippen LogP contribution in [-0.4, -0.2) is 73.1 Å². The Morgan fingerprint density at radius 2 is 1.69 bits per heavy atom. The van der Waals surface area contributed by atoms with Gasteiger partial charge in [-0.15, -0.1) is 12.4 Å². The smallest absolute Gasteiger partial charge is 0.257 e. The van der Waals surface area contributed by atoms with Crippen molar-refractivity contribution in [1.29, 1.82) is 0 Å². The molecule has 1 aromatic rings. The number of benzene rings is 1. The summed E-state index contributed by atoms with van der Waals surface area (Å²) in [5.41, 5.74) is 0.321. The summed E-state index contributed by atoms with van der Waals surface area (Å²) in [6, 6.07) is 4.68. The number of nitrogens with zero attached hydrogens (tertiary/aromatic N) is 2. The van der Waals surface area contributed by atoms with Crippen molar-refractivity contribution in [3.05, 3.63) is 33.8 Å². The number of carbonyl (C=O) groups excluding carboxylic acids is 2. The molecule has 0 bridgehead atoms. The summed E-state index contributed by atoms with van der Waals surface area (Å²) in [5.74, 6) is -0.176. The van der Waals surface area contributed by atoms with E-state index in [1.807, 2.05) is 6.92 Å². The number of amides is 2. The van der Waals surface area contributed by atoms with Gasteiger partial charge in [0.2, 0.25) is 5.91 Å². The van der Waals surface area contributed by atoms with E-state index in [-0.39, 0.29) is 36.4 Å². The topological polar surface area (TPSA) is 61.9 Å². The van der Waals surface area contributed by atoms with Gasteiger partial charge in [-0.05, 0) is 19.1 Å². The Labute approximate surface area is 169 Å². The van der Waals surface area contributed by atoms with Gasteiger partial charge in [-0.25, -0.2) is 0 Å². The van der Waals surface area contributed by atoms with Crippen LogP contribution in [-0.2, 0) is 9.53 Å². The van der Waals surface area contributed by atoms with Crippen LogP contribution in [0.15, 0.2) is 18.2 Å². The number of ether oxygens (including phenoxy) is 1. The van der Waals surface area contributed by atoms with Gasteiger partial charge < -0.3 is 19.9 Å². The molecular formula is C17H22Cl3N3O3. The van der Waals surface area contributed by atoms with Gasteiger partial charge in [0.05, 0.1) is 28.3 Å².